The van der Waals surface area contributed by atoms with Gasteiger partial charge in [-0.1, -0.05) is 78.9 Å². The Balaban J connectivity index is 1.05. The number of hydrogen-bond donors (Lipinski definition) is 4. The summed E-state index contributed by atoms with van der Waals surface area (Å²) in [7, 11) is 0. The third kappa shape index (κ3) is 7.27. The monoisotopic (exact) mass is 650 g/mol. The van der Waals surface area contributed by atoms with E-state index >= 15 is 0 Å². The fourth-order valence-corrected chi connectivity index (χ4v) is 7.46. The highest BCUT2D eigenvalue weighted by molar-refractivity contribution is 5.97. The van der Waals surface area contributed by atoms with Crippen molar-refractivity contribution < 1.29 is 43.8 Å². The number of quaternary nitrogens is 2. The molecule has 0 aliphatic carbocycles. The summed E-state index contributed by atoms with van der Waals surface area (Å²) in [6, 6.07) is 29.7. The molecule has 4 aromatic carbocycles. The van der Waals surface area contributed by atoms with Crippen LogP contribution in [-0.2, 0) is 29.0 Å². The van der Waals surface area contributed by atoms with Gasteiger partial charge in [0.1, 0.15) is 52.4 Å². The lowest BCUT2D eigenvalue weighted by atomic mass is 9.82. The van der Waals surface area contributed by atoms with Gasteiger partial charge in [-0.15, -0.1) is 0 Å². The van der Waals surface area contributed by atoms with Crippen LogP contribution in [0.4, 0.5) is 0 Å². The average Bonchev–Trinajstić information content (AvgIpc) is 3.09. The highest BCUT2D eigenvalue weighted by Crippen LogP contribution is 2.32. The molecule has 3 aliphatic rings. The van der Waals surface area contributed by atoms with Gasteiger partial charge < -0.3 is 29.4 Å². The van der Waals surface area contributed by atoms with Crippen molar-refractivity contribution in [1.82, 2.24) is 0 Å². The maximum Gasteiger partial charge on any atom is 0.307 e. The van der Waals surface area contributed by atoms with Gasteiger partial charge in [0.2, 0.25) is 5.78 Å². The third-order valence-electron chi connectivity index (χ3n) is 10.6. The minimum Gasteiger partial charge on any atom is -0.504 e. The first-order chi connectivity index (χ1) is 23.0. The molecule has 7 rings (SSSR count). The lowest BCUT2D eigenvalue weighted by Gasteiger charge is -2.55. The first-order valence-corrected chi connectivity index (χ1v) is 16.5. The van der Waals surface area contributed by atoms with Gasteiger partial charge >= 0.3 is 11.9 Å². The second-order valence-corrected chi connectivity index (χ2v) is 13.6. The summed E-state index contributed by atoms with van der Waals surface area (Å²) >= 11 is 0. The van der Waals surface area contributed by atoms with Crippen molar-refractivity contribution in [1.29, 1.82) is 0 Å². The standard InChI is InChI=1S/C39H40N2O7/c42-35-15-14-32(24-36(35)43)37(44)26-41-19-16-40(17-20-41,18-21-41)25-29-8-12-31(13-9-29)30-10-6-28(7-11-30)23-34(39(47)48)33(38(45)46)22-27-4-2-1-3-5-27/h1-15,24,33-34H,16-23,25-26H2,(H2-2,42,43,44,45,46,47,48)/p+2/t33-,34-,40?,41?/m0/s1. The van der Waals surface area contributed by atoms with Crippen LogP contribution in [0.1, 0.15) is 27.0 Å². The van der Waals surface area contributed by atoms with Crippen LogP contribution in [0.15, 0.2) is 97.1 Å². The number of rotatable bonds is 13. The molecule has 0 saturated carbocycles. The number of aliphatic carboxylic acids is 2. The molecule has 3 heterocycles. The number of carboxylic acids is 2. The summed E-state index contributed by atoms with van der Waals surface area (Å²) < 4.78 is 1.78. The molecule has 2 atom stereocenters. The summed E-state index contributed by atoms with van der Waals surface area (Å²) in [6.07, 6.45) is 0.289. The molecule has 48 heavy (non-hydrogen) atoms. The van der Waals surface area contributed by atoms with Crippen molar-refractivity contribution in [3.05, 3.63) is 119 Å². The second-order valence-electron chi connectivity index (χ2n) is 13.6. The second kappa shape index (κ2) is 13.6. The van der Waals surface area contributed by atoms with Crippen LogP contribution in [0, 0.1) is 11.8 Å². The predicted molar refractivity (Wildman–Crippen MR) is 180 cm³/mol. The minimum absolute atomic E-state index is 0.00922. The van der Waals surface area contributed by atoms with Crippen molar-refractivity contribution in [3.63, 3.8) is 0 Å². The molecule has 4 N–H and O–H groups in total. The quantitative estimate of drug-likeness (QED) is 0.0911. The molecule has 0 amide bonds. The van der Waals surface area contributed by atoms with Gasteiger partial charge in [0.25, 0.3) is 0 Å². The smallest absolute Gasteiger partial charge is 0.307 e. The van der Waals surface area contributed by atoms with Crippen LogP contribution < -0.4 is 0 Å². The zero-order valence-corrected chi connectivity index (χ0v) is 26.9. The average molecular weight is 651 g/mol. The Hall–Kier alpha value is -4.99. The first kappa shape index (κ1) is 32.9. The Kier molecular flexibility index (Phi) is 9.35. The van der Waals surface area contributed by atoms with Crippen molar-refractivity contribution >= 4 is 17.7 Å². The molecule has 4 aromatic rings. The zero-order chi connectivity index (χ0) is 33.9. The molecule has 3 saturated heterocycles. The van der Waals surface area contributed by atoms with Crippen LogP contribution in [0.25, 0.3) is 11.1 Å². The van der Waals surface area contributed by atoms with Crippen molar-refractivity contribution in [3.8, 4) is 22.6 Å². The van der Waals surface area contributed by atoms with E-state index in [1.165, 1.54) is 17.7 Å². The lowest BCUT2D eigenvalue weighted by Crippen LogP contribution is -2.75. The Labute approximate surface area is 280 Å². The summed E-state index contributed by atoms with van der Waals surface area (Å²) in [6.45, 7) is 7.15. The molecule has 9 nitrogen and oxygen atoms in total. The number of Topliss-reactive ketones (excluding diaryl/α,β-unsaturated/α-hetero) is 1. The third-order valence-corrected chi connectivity index (χ3v) is 10.6. The van der Waals surface area contributed by atoms with E-state index in [0.717, 1.165) is 77.0 Å². The first-order valence-electron chi connectivity index (χ1n) is 16.5. The number of carboxylic acid groups (broad SMARTS) is 2. The summed E-state index contributed by atoms with van der Waals surface area (Å²) in [4.78, 5) is 37.3. The van der Waals surface area contributed by atoms with E-state index in [4.69, 9.17) is 0 Å². The minimum atomic E-state index is -1.11. The number of carbonyl (C=O) groups excluding carboxylic acids is 1. The van der Waals surface area contributed by atoms with Crippen LogP contribution in [-0.4, -0.2) is 92.9 Å². The van der Waals surface area contributed by atoms with Crippen molar-refractivity contribution in [2.75, 3.05) is 45.8 Å². The van der Waals surface area contributed by atoms with Crippen molar-refractivity contribution in [2.45, 2.75) is 19.4 Å². The molecule has 2 bridgehead atoms. The van der Waals surface area contributed by atoms with Gasteiger partial charge in [-0.3, -0.25) is 14.4 Å². The van der Waals surface area contributed by atoms with E-state index in [2.05, 4.69) is 24.3 Å². The fourth-order valence-electron chi connectivity index (χ4n) is 7.46. The van der Waals surface area contributed by atoms with E-state index in [1.54, 1.807) is 6.07 Å². The van der Waals surface area contributed by atoms with E-state index in [0.29, 0.717) is 12.1 Å². The number of phenols is 2. The number of ketones is 1. The number of phenolic OH excluding ortho intramolecular Hbond substituents is 2. The lowest BCUT2D eigenvalue weighted by molar-refractivity contribution is -1.08. The van der Waals surface area contributed by atoms with Crippen molar-refractivity contribution in [2.24, 2.45) is 11.8 Å². The highest BCUT2D eigenvalue weighted by atomic mass is 16.4. The van der Waals surface area contributed by atoms with Crippen LogP contribution in [0.2, 0.25) is 0 Å². The molecular weight excluding hydrogens is 608 g/mol. The molecule has 0 aromatic heterocycles. The Bertz CT molecular complexity index is 1760. The molecule has 9 heteroatoms. The molecule has 0 unspecified atom stereocenters. The molecule has 0 radical (unpaired) electrons. The molecular formula is C39H42N2O7+2. The van der Waals surface area contributed by atoms with Gasteiger partial charge in [0.05, 0.1) is 11.8 Å². The topological polar surface area (TPSA) is 132 Å². The van der Waals surface area contributed by atoms with Crippen LogP contribution in [0.5, 0.6) is 11.5 Å². The predicted octanol–water partition coefficient (Wildman–Crippen LogP) is 5.00. The number of aromatic hydroxyl groups is 2. The maximum atomic E-state index is 13.0. The Morgan fingerprint density at radius 1 is 0.562 bits per heavy atom. The van der Waals surface area contributed by atoms with E-state index in [-0.39, 0.29) is 30.1 Å². The maximum absolute atomic E-state index is 13.0. The summed E-state index contributed by atoms with van der Waals surface area (Å²) in [5.41, 5.74) is 5.33. The molecule has 0 spiro atoms. The van der Waals surface area contributed by atoms with Gasteiger partial charge in [0, 0.05) is 11.1 Å². The number of piperazine rings is 3. The fraction of sp³-hybridized carbons (Fsp3) is 0.308. The number of benzene rings is 4. The molecule has 248 valence electrons. The highest BCUT2D eigenvalue weighted by Gasteiger charge is 2.49. The zero-order valence-electron chi connectivity index (χ0n) is 26.9. The number of nitrogens with zero attached hydrogens (tertiary/aromatic N) is 2. The van der Waals surface area contributed by atoms with Gasteiger partial charge in [-0.25, -0.2) is 0 Å². The SMILES string of the molecule is O=C(C[N+]12CC[N+](Cc3ccc(-c4ccc(C[C@H](C(=O)O)[C@H](Cc5ccccc5)C(=O)O)cc4)cc3)(CC1)CC2)c1ccc(O)c(O)c1. The van der Waals surface area contributed by atoms with E-state index in [1.807, 2.05) is 54.6 Å². The Morgan fingerprint density at radius 3 is 1.54 bits per heavy atom. The van der Waals surface area contributed by atoms with E-state index in [9.17, 15) is 34.8 Å². The van der Waals surface area contributed by atoms with Gasteiger partial charge in [0.15, 0.2) is 11.5 Å². The largest absolute Gasteiger partial charge is 0.504 e. The Morgan fingerprint density at radius 2 is 1.04 bits per heavy atom. The van der Waals surface area contributed by atoms with Gasteiger partial charge in [-0.2, -0.15) is 0 Å². The van der Waals surface area contributed by atoms with Crippen LogP contribution in [0.3, 0.4) is 0 Å². The summed E-state index contributed by atoms with van der Waals surface area (Å²) in [5.74, 6) is -4.82. The molecule has 3 fully saturated rings. The normalized spacial score (nSPS) is 21.3. The summed E-state index contributed by atoms with van der Waals surface area (Å²) in [5, 5.41) is 39.3. The van der Waals surface area contributed by atoms with Gasteiger partial charge in [-0.05, 0) is 53.3 Å². The number of fused-ring (bicyclic) bond motifs is 3. The number of carbonyl (C=O) groups is 3. The number of hydrogen-bond acceptors (Lipinski definition) is 5. The molecule has 3 aliphatic heterocycles. The van der Waals surface area contributed by atoms with E-state index < -0.39 is 23.8 Å². The van der Waals surface area contributed by atoms with Crippen LogP contribution >= 0.6 is 0 Å².